The molecular formula is C20H20N2O5. The number of anilines is 2. The van der Waals surface area contributed by atoms with Gasteiger partial charge < -0.3 is 24.4 Å². The Balaban J connectivity index is 1.63. The highest BCUT2D eigenvalue weighted by Gasteiger charge is 2.24. The van der Waals surface area contributed by atoms with E-state index in [-0.39, 0.29) is 25.0 Å². The number of carbonyl (C=O) groups is 2. The molecule has 0 unspecified atom stereocenters. The number of fused-ring (bicyclic) bond motifs is 1. The first-order chi connectivity index (χ1) is 13.1. The molecule has 7 nitrogen and oxygen atoms in total. The van der Waals surface area contributed by atoms with Crippen molar-refractivity contribution in [1.29, 1.82) is 0 Å². The van der Waals surface area contributed by atoms with Crippen LogP contribution in [0.1, 0.15) is 0 Å². The molecule has 1 aliphatic heterocycles. The summed E-state index contributed by atoms with van der Waals surface area (Å²) in [6.07, 6.45) is 1.65. The van der Waals surface area contributed by atoms with Crippen LogP contribution in [-0.2, 0) is 9.59 Å². The molecule has 1 aliphatic rings. The summed E-state index contributed by atoms with van der Waals surface area (Å²) in [5.41, 5.74) is 1.21. The van der Waals surface area contributed by atoms with E-state index in [1.165, 1.54) is 0 Å². The zero-order chi connectivity index (χ0) is 19.2. The monoisotopic (exact) mass is 368 g/mol. The van der Waals surface area contributed by atoms with Crippen LogP contribution in [0.4, 0.5) is 11.4 Å². The van der Waals surface area contributed by atoms with Gasteiger partial charge in [-0.3, -0.25) is 9.59 Å². The number of hydrogen-bond donors (Lipinski definition) is 1. The van der Waals surface area contributed by atoms with Crippen molar-refractivity contribution in [2.24, 2.45) is 0 Å². The fourth-order valence-corrected chi connectivity index (χ4v) is 2.65. The number of methoxy groups -OCH3 is 1. The average molecular weight is 368 g/mol. The van der Waals surface area contributed by atoms with Gasteiger partial charge in [-0.05, 0) is 24.3 Å². The molecule has 0 fully saturated rings. The lowest BCUT2D eigenvalue weighted by molar-refractivity contribution is -0.121. The molecule has 0 bridgehead atoms. The zero-order valence-corrected chi connectivity index (χ0v) is 14.9. The van der Waals surface area contributed by atoms with E-state index in [4.69, 9.17) is 14.2 Å². The summed E-state index contributed by atoms with van der Waals surface area (Å²) in [6.45, 7) is 3.87. The number of ether oxygens (including phenoxy) is 3. The number of benzene rings is 2. The Morgan fingerprint density at radius 2 is 2.11 bits per heavy atom. The minimum Gasteiger partial charge on any atom is -0.497 e. The average Bonchev–Trinajstić information content (AvgIpc) is 2.69. The van der Waals surface area contributed by atoms with Gasteiger partial charge in [-0.15, -0.1) is 6.58 Å². The van der Waals surface area contributed by atoms with Gasteiger partial charge in [0.25, 0.3) is 11.8 Å². The number of nitrogens with zero attached hydrogens (tertiary/aromatic N) is 1. The second-order valence-corrected chi connectivity index (χ2v) is 5.78. The summed E-state index contributed by atoms with van der Waals surface area (Å²) in [6, 6.07) is 12.1. The Labute approximate surface area is 157 Å². The van der Waals surface area contributed by atoms with Crippen molar-refractivity contribution >= 4 is 23.2 Å². The van der Waals surface area contributed by atoms with Crippen molar-refractivity contribution in [3.8, 4) is 17.2 Å². The van der Waals surface area contributed by atoms with Gasteiger partial charge in [0, 0.05) is 24.4 Å². The Hall–Kier alpha value is -3.48. The van der Waals surface area contributed by atoms with Crippen LogP contribution in [0.2, 0.25) is 0 Å². The van der Waals surface area contributed by atoms with Crippen LogP contribution in [0.25, 0.3) is 0 Å². The molecule has 3 rings (SSSR count). The maximum Gasteiger partial charge on any atom is 0.265 e. The van der Waals surface area contributed by atoms with E-state index in [2.05, 4.69) is 11.9 Å². The Kier molecular flexibility index (Phi) is 5.61. The largest absolute Gasteiger partial charge is 0.497 e. The molecule has 0 saturated heterocycles. The molecule has 2 aromatic rings. The number of nitrogens with one attached hydrogen (secondary N) is 1. The SMILES string of the molecule is C=CCN1C(=O)COc2cc(NC(=O)COc3cccc(OC)c3)ccc21. The van der Waals surface area contributed by atoms with Crippen LogP contribution in [-0.4, -0.2) is 38.7 Å². The minimum atomic E-state index is -0.312. The lowest BCUT2D eigenvalue weighted by Gasteiger charge is -2.28. The fraction of sp³-hybridized carbons (Fsp3) is 0.200. The Morgan fingerprint density at radius 3 is 2.89 bits per heavy atom. The van der Waals surface area contributed by atoms with Crippen LogP contribution in [0, 0.1) is 0 Å². The molecule has 0 saturated carbocycles. The zero-order valence-electron chi connectivity index (χ0n) is 14.9. The normalized spacial score (nSPS) is 12.6. The quantitative estimate of drug-likeness (QED) is 0.760. The highest BCUT2D eigenvalue weighted by Crippen LogP contribution is 2.34. The third-order valence-corrected chi connectivity index (χ3v) is 3.91. The molecule has 7 heteroatoms. The van der Waals surface area contributed by atoms with Gasteiger partial charge in [0.2, 0.25) is 0 Å². The van der Waals surface area contributed by atoms with Gasteiger partial charge in [0.15, 0.2) is 13.2 Å². The minimum absolute atomic E-state index is 0.0445. The van der Waals surface area contributed by atoms with E-state index in [9.17, 15) is 9.59 Å². The van der Waals surface area contributed by atoms with E-state index < -0.39 is 0 Å². The predicted molar refractivity (Wildman–Crippen MR) is 102 cm³/mol. The lowest BCUT2D eigenvalue weighted by Crippen LogP contribution is -2.38. The molecule has 140 valence electrons. The van der Waals surface area contributed by atoms with E-state index >= 15 is 0 Å². The first-order valence-corrected chi connectivity index (χ1v) is 8.35. The van der Waals surface area contributed by atoms with Crippen LogP contribution in [0.3, 0.4) is 0 Å². The summed E-state index contributed by atoms with van der Waals surface area (Å²) in [5.74, 6) is 1.27. The van der Waals surface area contributed by atoms with Crippen LogP contribution in [0.15, 0.2) is 55.1 Å². The van der Waals surface area contributed by atoms with Crippen molar-refractivity contribution in [2.45, 2.75) is 0 Å². The molecule has 0 atom stereocenters. The third kappa shape index (κ3) is 4.38. The smallest absolute Gasteiger partial charge is 0.265 e. The molecule has 27 heavy (non-hydrogen) atoms. The number of amides is 2. The predicted octanol–water partition coefficient (Wildman–Crippen LogP) is 2.62. The Morgan fingerprint density at radius 1 is 1.30 bits per heavy atom. The molecule has 2 amide bonds. The van der Waals surface area contributed by atoms with E-state index in [0.717, 1.165) is 0 Å². The molecule has 2 aromatic carbocycles. The van der Waals surface area contributed by atoms with Crippen LogP contribution >= 0.6 is 0 Å². The number of rotatable bonds is 7. The van der Waals surface area contributed by atoms with Gasteiger partial charge in [-0.2, -0.15) is 0 Å². The first kappa shape index (κ1) is 18.3. The summed E-state index contributed by atoms with van der Waals surface area (Å²) in [5, 5.41) is 2.75. The molecule has 0 radical (unpaired) electrons. The van der Waals surface area contributed by atoms with E-state index in [1.807, 2.05) is 0 Å². The standard InChI is InChI=1S/C20H20N2O5/c1-3-9-22-17-8-7-14(10-18(17)27-13-20(22)24)21-19(23)12-26-16-6-4-5-15(11-16)25-2/h3-8,10-11H,1,9,12-13H2,2H3,(H,21,23). The van der Waals surface area contributed by atoms with Gasteiger partial charge >= 0.3 is 0 Å². The highest BCUT2D eigenvalue weighted by atomic mass is 16.5. The molecule has 0 aromatic heterocycles. The summed E-state index contributed by atoms with van der Waals surface area (Å²) in [7, 11) is 1.56. The molecular weight excluding hydrogens is 348 g/mol. The second-order valence-electron chi connectivity index (χ2n) is 5.78. The second kappa shape index (κ2) is 8.27. The third-order valence-electron chi connectivity index (χ3n) is 3.91. The topological polar surface area (TPSA) is 77.1 Å². The fourth-order valence-electron chi connectivity index (χ4n) is 2.65. The number of carbonyl (C=O) groups excluding carboxylic acids is 2. The summed E-state index contributed by atoms with van der Waals surface area (Å²) in [4.78, 5) is 25.7. The molecule has 0 spiro atoms. The lowest BCUT2D eigenvalue weighted by atomic mass is 10.2. The molecule has 1 N–H and O–H groups in total. The van der Waals surface area contributed by atoms with Crippen molar-refractivity contribution in [3.05, 3.63) is 55.1 Å². The van der Waals surface area contributed by atoms with E-state index in [0.29, 0.717) is 35.2 Å². The molecule has 0 aliphatic carbocycles. The van der Waals surface area contributed by atoms with Gasteiger partial charge in [0.1, 0.15) is 17.2 Å². The molecule has 1 heterocycles. The summed E-state index contributed by atoms with van der Waals surface area (Å²) >= 11 is 0. The van der Waals surface area contributed by atoms with Crippen molar-refractivity contribution in [3.63, 3.8) is 0 Å². The summed E-state index contributed by atoms with van der Waals surface area (Å²) < 4.78 is 16.1. The maximum atomic E-state index is 12.1. The van der Waals surface area contributed by atoms with Gasteiger partial charge in [0.05, 0.1) is 12.8 Å². The Bertz CT molecular complexity index is 865. The van der Waals surface area contributed by atoms with Crippen LogP contribution in [0.5, 0.6) is 17.2 Å². The highest BCUT2D eigenvalue weighted by molar-refractivity contribution is 5.99. The van der Waals surface area contributed by atoms with Crippen molar-refractivity contribution in [2.75, 3.05) is 37.1 Å². The first-order valence-electron chi connectivity index (χ1n) is 8.35. The van der Waals surface area contributed by atoms with Crippen molar-refractivity contribution < 1.29 is 23.8 Å². The van der Waals surface area contributed by atoms with Crippen LogP contribution < -0.4 is 24.4 Å². The van der Waals surface area contributed by atoms with Gasteiger partial charge in [-0.1, -0.05) is 12.1 Å². The number of hydrogen-bond acceptors (Lipinski definition) is 5. The van der Waals surface area contributed by atoms with E-state index in [1.54, 1.807) is 60.6 Å². The van der Waals surface area contributed by atoms with Gasteiger partial charge in [-0.25, -0.2) is 0 Å². The maximum absolute atomic E-state index is 12.1. The van der Waals surface area contributed by atoms with Crippen molar-refractivity contribution in [1.82, 2.24) is 0 Å².